The Morgan fingerprint density at radius 3 is 2.30 bits per heavy atom. The Hall–Kier alpha value is -5.37. The van der Waals surface area contributed by atoms with Crippen molar-refractivity contribution in [2.75, 3.05) is 43.4 Å². The number of unbranched alkanes of at least 4 members (excludes halogenated alkanes) is 2. The number of fused-ring (bicyclic) bond motifs is 7. The molecule has 430 valence electrons. The van der Waals surface area contributed by atoms with E-state index < -0.39 is 97.7 Å². The van der Waals surface area contributed by atoms with Crippen molar-refractivity contribution < 1.29 is 101 Å². The molecule has 1 saturated heterocycles. The number of benzene rings is 2. The average molecular weight is 1200 g/mol. The van der Waals surface area contributed by atoms with E-state index in [1.54, 1.807) is 12.1 Å². The summed E-state index contributed by atoms with van der Waals surface area (Å²) in [4.78, 5) is 76.6. The first-order valence-corrected chi connectivity index (χ1v) is 31.5. The zero-order valence-electron chi connectivity index (χ0n) is 42.3. The first-order valence-electron chi connectivity index (χ1n) is 24.1. The molecule has 8 rings (SSSR count). The van der Waals surface area contributed by atoms with Crippen LogP contribution in [-0.4, -0.2) is 144 Å². The van der Waals surface area contributed by atoms with Gasteiger partial charge in [0.05, 0.1) is 28.1 Å². The zero-order chi connectivity index (χ0) is 57.8. The van der Waals surface area contributed by atoms with E-state index in [0.717, 1.165) is 29.8 Å². The number of nitrogens with two attached hydrogens (primary N) is 1. The Labute approximate surface area is 451 Å². The fourth-order valence-corrected chi connectivity index (χ4v) is 14.7. The van der Waals surface area contributed by atoms with Crippen molar-refractivity contribution in [3.8, 4) is 0 Å². The minimum Gasteiger partial charge on any atom is -0.744 e. The Bertz CT molecular complexity index is 3580. The van der Waals surface area contributed by atoms with Gasteiger partial charge in [0.1, 0.15) is 40.7 Å². The number of aliphatic hydroxyl groups is 1. The topological polar surface area (TPSA) is 444 Å². The summed E-state index contributed by atoms with van der Waals surface area (Å²) >= 11 is 0. The van der Waals surface area contributed by atoms with Gasteiger partial charge >= 0.3 is 29.6 Å². The summed E-state index contributed by atoms with van der Waals surface area (Å²) in [5, 5.41) is 16.3. The normalized spacial score (nSPS) is 26.4. The molecule has 2 aromatic carbocycles. The Morgan fingerprint density at radius 1 is 0.924 bits per heavy atom. The highest BCUT2D eigenvalue weighted by Gasteiger charge is 2.61. The number of phosphoric acid groups is 3. The lowest BCUT2D eigenvalue weighted by molar-refractivity contribution is -0.438. The molecular formula is C44H56N9O21P3S2. The highest BCUT2D eigenvalue weighted by atomic mass is 32.2. The number of allylic oxidation sites excluding steroid dienone is 4. The summed E-state index contributed by atoms with van der Waals surface area (Å²) in [6.07, 6.45) is 1.82. The van der Waals surface area contributed by atoms with Crippen LogP contribution in [-0.2, 0) is 72.2 Å². The molecule has 1 fully saturated rings. The molecule has 79 heavy (non-hydrogen) atoms. The number of nitrogens with one attached hydrogen (secondary N) is 2. The predicted molar refractivity (Wildman–Crippen MR) is 274 cm³/mol. The van der Waals surface area contributed by atoms with E-state index in [9.17, 15) is 64.1 Å². The molecule has 9 atom stereocenters. The van der Waals surface area contributed by atoms with Crippen molar-refractivity contribution in [2.24, 2.45) is 5.92 Å². The van der Waals surface area contributed by atoms with Gasteiger partial charge in [0.25, 0.3) is 10.1 Å². The van der Waals surface area contributed by atoms with Gasteiger partial charge in [-0.1, -0.05) is 13.0 Å². The van der Waals surface area contributed by atoms with Gasteiger partial charge < -0.3 is 60.0 Å². The molecule has 0 bridgehead atoms. The maximum Gasteiger partial charge on any atom is 0.490 e. The Kier molecular flexibility index (Phi) is 16.8. The van der Waals surface area contributed by atoms with Crippen molar-refractivity contribution in [1.82, 2.24) is 30.2 Å². The molecule has 5 unspecified atom stereocenters. The first-order chi connectivity index (χ1) is 36.8. The second-order valence-electron chi connectivity index (χ2n) is 19.1. The van der Waals surface area contributed by atoms with Gasteiger partial charge in [-0.05, 0) is 81.5 Å². The van der Waals surface area contributed by atoms with Crippen molar-refractivity contribution >= 4 is 89.8 Å². The summed E-state index contributed by atoms with van der Waals surface area (Å²) in [6.45, 7) is 7.48. The smallest absolute Gasteiger partial charge is 0.490 e. The molecule has 0 radical (unpaired) electrons. The van der Waals surface area contributed by atoms with E-state index >= 15 is 0 Å². The third-order valence-corrected chi connectivity index (χ3v) is 19.9. The van der Waals surface area contributed by atoms with Crippen molar-refractivity contribution in [2.45, 2.75) is 98.5 Å². The number of aliphatic hydroxyl groups excluding tert-OH is 1. The monoisotopic (exact) mass is 1200 g/mol. The molecule has 1 aliphatic carbocycles. The number of likely N-dealkylation sites (N-methyl/N-ethyl adjacent to an activating group) is 1. The summed E-state index contributed by atoms with van der Waals surface area (Å²) in [6, 6.07) is 8.75. The molecule has 10 N–H and O–H groups in total. The predicted octanol–water partition coefficient (Wildman–Crippen LogP) is 2.88. The minimum atomic E-state index is -5.89. The Balaban J connectivity index is 0.888. The van der Waals surface area contributed by atoms with Crippen LogP contribution in [0.15, 0.2) is 82.8 Å². The lowest BCUT2D eigenvalue weighted by atomic mass is 9.57. The maximum atomic E-state index is 13.1. The van der Waals surface area contributed by atoms with Crippen LogP contribution in [0.4, 0.5) is 22.0 Å². The number of phosphoric ester groups is 1. The number of nitrogen functional groups attached to an aromatic ring is 1. The van der Waals surface area contributed by atoms with Crippen molar-refractivity contribution in [1.29, 1.82) is 0 Å². The molecule has 2 aromatic heterocycles. The van der Waals surface area contributed by atoms with Crippen molar-refractivity contribution in [3.63, 3.8) is 0 Å². The van der Waals surface area contributed by atoms with Crippen LogP contribution < -0.4 is 21.3 Å². The number of anilines is 2. The highest BCUT2D eigenvalue weighted by molar-refractivity contribution is 7.86. The van der Waals surface area contributed by atoms with Gasteiger partial charge in [-0.2, -0.15) is 21.6 Å². The summed E-state index contributed by atoms with van der Waals surface area (Å²) in [5.41, 5.74) is 8.41. The summed E-state index contributed by atoms with van der Waals surface area (Å²) in [7, 11) is -26.7. The van der Waals surface area contributed by atoms with E-state index in [2.05, 4.69) is 48.2 Å². The first kappa shape index (κ1) is 59.7. The number of carbonyl (C=O) groups excluding carboxylic acids is 2. The Morgan fingerprint density at radius 2 is 1.62 bits per heavy atom. The van der Waals surface area contributed by atoms with Gasteiger partial charge in [0.2, 0.25) is 11.6 Å². The molecule has 30 nitrogen and oxygen atoms in total. The quantitative estimate of drug-likeness (QED) is 0.0251. The van der Waals surface area contributed by atoms with Gasteiger partial charge in [0.15, 0.2) is 29.5 Å². The summed E-state index contributed by atoms with van der Waals surface area (Å²) in [5.74, 6) is -0.840. The number of imidazole rings is 1. The average Bonchev–Trinajstić information content (AvgIpc) is 2.88. The standard InChI is InChI=1S/C44H56N9O21P3S2/c1-5-51-30-15-13-26(78(64,65)66)20-28(30)43(3)25(2)44(4)29-21-27(79(67,68)69)14-16-31(29)52(34(44)11-9-10-33(43)51)19-8-6-7-12-35(54)46-17-18-47-42(56)72-38-37(55)32(22-70-76(60,61)74-77(62,63)73-75(57,58)59)71-41(38)53-24-50-36-39(45)48-23-49-40(36)53/h9-11,13-16,20-21,23-25,32,37-38,41,55H,5-8,12,17-19,22H2,1-4H3,(H9-,45,46,47,48,49,54,56,57,58,59,60,61,62,63,64,65,66,67,68,69)/t25?,32-,37-,38-,41-,43?,44?/m1/s1. The van der Waals surface area contributed by atoms with Gasteiger partial charge in [-0.25, -0.2) is 41.9 Å². The number of amides is 2. The molecule has 4 aromatic rings. The van der Waals surface area contributed by atoms with Crippen molar-refractivity contribution in [3.05, 3.63) is 84.1 Å². The number of alkyl carbamates (subject to hydrolysis) is 1. The SMILES string of the molecule is CCN1/C2=C/C=C/C3=[N+](CCCCCC(=O)NCCNC(=O)O[C@@H]4[C@H](O)[C@@H](COP(=O)(O)OP(=O)(O)OP(=O)(O)O)O[C@H]4n4cnc5c(N)ncnc54)c4ccc(S(=O)(=O)O)cc4C3(C)C(C)C2(C)c2cc(S(=O)(=O)[O-])ccc21. The molecular weight excluding hydrogens is 1150 g/mol. The number of hydrogen-bond acceptors (Lipinski definition) is 21. The van der Waals surface area contributed by atoms with E-state index in [1.807, 2.05) is 45.9 Å². The number of rotatable bonds is 21. The van der Waals surface area contributed by atoms with E-state index in [0.29, 0.717) is 49.2 Å². The second-order valence-corrected chi connectivity index (χ2v) is 26.3. The lowest BCUT2D eigenvalue weighted by Gasteiger charge is -2.44. The number of ether oxygens (including phenoxy) is 2. The fraction of sp³-hybridized carbons (Fsp3) is 0.455. The van der Waals surface area contributed by atoms with Crippen LogP contribution in [0.2, 0.25) is 0 Å². The fourth-order valence-electron chi connectivity index (χ4n) is 10.7. The van der Waals surface area contributed by atoms with E-state index in [1.165, 1.54) is 28.8 Å². The van der Waals surface area contributed by atoms with Crippen LogP contribution in [0.5, 0.6) is 0 Å². The lowest BCUT2D eigenvalue weighted by Crippen LogP contribution is -2.49. The molecule has 35 heteroatoms. The van der Waals surface area contributed by atoms with E-state index in [4.69, 9.17) is 25.0 Å². The second kappa shape index (κ2) is 22.2. The molecule has 0 spiro atoms. The number of nitrogens with zero attached hydrogens (tertiary/aromatic N) is 6. The highest BCUT2D eigenvalue weighted by Crippen LogP contribution is 2.66. The van der Waals surface area contributed by atoms with Gasteiger partial charge in [0, 0.05) is 67.0 Å². The molecule has 5 heterocycles. The van der Waals surface area contributed by atoms with E-state index in [-0.39, 0.29) is 52.2 Å². The van der Waals surface area contributed by atoms with Gasteiger partial charge in [-0.15, -0.1) is 0 Å². The molecule has 2 amide bonds. The third kappa shape index (κ3) is 12.2. The van der Waals surface area contributed by atoms with Crippen LogP contribution in [0.1, 0.15) is 70.7 Å². The number of hydrogen-bond donors (Lipinski definition) is 9. The maximum absolute atomic E-state index is 13.1. The molecule has 3 aliphatic heterocycles. The minimum absolute atomic E-state index is 0.0306. The molecule has 4 aliphatic rings. The van der Waals surface area contributed by atoms with Crippen LogP contribution in [0.3, 0.4) is 0 Å². The van der Waals surface area contributed by atoms with Crippen LogP contribution in [0.25, 0.3) is 11.2 Å². The largest absolute Gasteiger partial charge is 0.744 e. The van der Waals surface area contributed by atoms with Crippen LogP contribution in [0, 0.1) is 5.92 Å². The zero-order valence-corrected chi connectivity index (χ0v) is 46.6. The number of aromatic nitrogens is 4. The van der Waals surface area contributed by atoms with Gasteiger partial charge in [-0.3, -0.25) is 18.4 Å². The summed E-state index contributed by atoms with van der Waals surface area (Å²) < 4.78 is 134. The number of carbonyl (C=O) groups is 2. The third-order valence-electron chi connectivity index (χ3n) is 14.5. The van der Waals surface area contributed by atoms with Crippen LogP contribution >= 0.6 is 23.5 Å². The molecule has 0 saturated carbocycles.